The summed E-state index contributed by atoms with van der Waals surface area (Å²) in [6, 6.07) is 15.7. The molecule has 0 fully saturated rings. The molecule has 8 heteroatoms. The van der Waals surface area contributed by atoms with Gasteiger partial charge in [0, 0.05) is 13.6 Å². The van der Waals surface area contributed by atoms with Crippen LogP contribution < -0.4 is 10.1 Å². The fourth-order valence-corrected chi connectivity index (χ4v) is 3.36. The van der Waals surface area contributed by atoms with Gasteiger partial charge in [-0.05, 0) is 48.9 Å². The van der Waals surface area contributed by atoms with Gasteiger partial charge in [-0.15, -0.1) is 0 Å². The van der Waals surface area contributed by atoms with Crippen molar-refractivity contribution in [1.29, 1.82) is 0 Å². The van der Waals surface area contributed by atoms with Crippen LogP contribution in [0.3, 0.4) is 0 Å². The summed E-state index contributed by atoms with van der Waals surface area (Å²) in [5.74, 6) is -0.557. The van der Waals surface area contributed by atoms with E-state index in [1.54, 1.807) is 49.6 Å². The minimum atomic E-state index is -1.24. The molecule has 2 aromatic rings. The first-order valence-electron chi connectivity index (χ1n) is 10.2. The van der Waals surface area contributed by atoms with E-state index < -0.39 is 24.1 Å². The Morgan fingerprint density at radius 1 is 1.03 bits per heavy atom. The number of nitrogens with one attached hydrogen (secondary N) is 1. The molecule has 0 aliphatic carbocycles. The lowest BCUT2D eigenvalue weighted by molar-refractivity contribution is -0.153. The van der Waals surface area contributed by atoms with Gasteiger partial charge in [0.1, 0.15) is 11.9 Å². The van der Waals surface area contributed by atoms with Crippen LogP contribution in [0.4, 0.5) is 0 Å². The number of hydrogen-bond acceptors (Lipinski definition) is 8. The van der Waals surface area contributed by atoms with Gasteiger partial charge < -0.3 is 19.1 Å². The second kappa shape index (κ2) is 10.6. The Bertz CT molecular complexity index is 987. The first kappa shape index (κ1) is 23.0. The summed E-state index contributed by atoms with van der Waals surface area (Å²) in [5.41, 5.74) is 2.22. The summed E-state index contributed by atoms with van der Waals surface area (Å²) < 4.78 is 16.0. The predicted octanol–water partition coefficient (Wildman–Crippen LogP) is 2.25. The zero-order chi connectivity index (χ0) is 23.1. The molecular formula is C24H26N2O6. The van der Waals surface area contributed by atoms with E-state index in [1.807, 2.05) is 24.1 Å². The van der Waals surface area contributed by atoms with Crippen molar-refractivity contribution < 1.29 is 28.6 Å². The summed E-state index contributed by atoms with van der Waals surface area (Å²) in [6.07, 6.45) is -1.73. The lowest BCUT2D eigenvalue weighted by atomic mass is 10.0. The lowest BCUT2D eigenvalue weighted by Crippen LogP contribution is -2.41. The van der Waals surface area contributed by atoms with E-state index in [2.05, 4.69) is 5.32 Å². The van der Waals surface area contributed by atoms with Crippen molar-refractivity contribution in [2.75, 3.05) is 27.4 Å². The highest BCUT2D eigenvalue weighted by Gasteiger charge is 2.30. The number of rotatable bonds is 8. The van der Waals surface area contributed by atoms with Gasteiger partial charge in [0.15, 0.2) is 12.4 Å². The van der Waals surface area contributed by atoms with E-state index in [4.69, 9.17) is 14.2 Å². The zero-order valence-electron chi connectivity index (χ0n) is 18.2. The molecule has 0 saturated carbocycles. The highest BCUT2D eigenvalue weighted by molar-refractivity contribution is 5.98. The Hall–Kier alpha value is -3.65. The normalized spacial score (nSPS) is 15.5. The molecule has 32 heavy (non-hydrogen) atoms. The average Bonchev–Trinajstić information content (AvgIpc) is 2.82. The number of carbonyl (C=O) groups is 3. The highest BCUT2D eigenvalue weighted by Crippen LogP contribution is 2.27. The van der Waals surface area contributed by atoms with Crippen LogP contribution in [-0.4, -0.2) is 62.7 Å². The minimum Gasteiger partial charge on any atom is -0.497 e. The van der Waals surface area contributed by atoms with Crippen LogP contribution in [0.15, 0.2) is 60.2 Å². The smallest absolute Gasteiger partial charge is 0.338 e. The van der Waals surface area contributed by atoms with Crippen molar-refractivity contribution in [3.05, 3.63) is 71.3 Å². The quantitative estimate of drug-likeness (QED) is 0.496. The SMILES string of the molecule is COc1ccc(C2=C(C(=O)OC(C=O)C(C)OC(=O)c3ccccc3)CNCN2C)cc1. The number of benzene rings is 2. The van der Waals surface area contributed by atoms with E-state index in [9.17, 15) is 14.4 Å². The van der Waals surface area contributed by atoms with E-state index in [1.165, 1.54) is 6.92 Å². The second-order valence-corrected chi connectivity index (χ2v) is 7.32. The molecule has 1 aliphatic heterocycles. The van der Waals surface area contributed by atoms with Gasteiger partial charge in [-0.3, -0.25) is 10.1 Å². The number of aldehydes is 1. The Morgan fingerprint density at radius 2 is 1.72 bits per heavy atom. The molecule has 0 amide bonds. The van der Waals surface area contributed by atoms with Crippen molar-refractivity contribution in [3.63, 3.8) is 0 Å². The van der Waals surface area contributed by atoms with E-state index in [0.717, 1.165) is 5.56 Å². The molecule has 1 aliphatic rings. The van der Waals surface area contributed by atoms with Crippen molar-refractivity contribution in [2.24, 2.45) is 0 Å². The van der Waals surface area contributed by atoms with Crippen LogP contribution in [0.2, 0.25) is 0 Å². The topological polar surface area (TPSA) is 94.2 Å². The molecule has 1 N–H and O–H groups in total. The molecule has 0 radical (unpaired) electrons. The van der Waals surface area contributed by atoms with Gasteiger partial charge in [-0.1, -0.05) is 18.2 Å². The Kier molecular flexibility index (Phi) is 7.62. The Morgan fingerprint density at radius 3 is 2.34 bits per heavy atom. The van der Waals surface area contributed by atoms with E-state index in [0.29, 0.717) is 35.5 Å². The maximum atomic E-state index is 13.0. The highest BCUT2D eigenvalue weighted by atomic mass is 16.6. The fourth-order valence-electron chi connectivity index (χ4n) is 3.36. The summed E-state index contributed by atoms with van der Waals surface area (Å²) in [7, 11) is 3.43. The number of esters is 2. The van der Waals surface area contributed by atoms with Crippen LogP contribution in [0.1, 0.15) is 22.8 Å². The first-order chi connectivity index (χ1) is 15.4. The third kappa shape index (κ3) is 5.33. The van der Waals surface area contributed by atoms with Crippen molar-refractivity contribution in [1.82, 2.24) is 10.2 Å². The van der Waals surface area contributed by atoms with Gasteiger partial charge >= 0.3 is 11.9 Å². The zero-order valence-corrected chi connectivity index (χ0v) is 18.2. The molecule has 3 rings (SSSR count). The molecule has 2 aromatic carbocycles. The fraction of sp³-hybridized carbons (Fsp3) is 0.292. The van der Waals surface area contributed by atoms with Crippen LogP contribution in [0.5, 0.6) is 5.75 Å². The summed E-state index contributed by atoms with van der Waals surface area (Å²) >= 11 is 0. The molecule has 0 bridgehead atoms. The molecule has 168 valence electrons. The van der Waals surface area contributed by atoms with Crippen LogP contribution in [0, 0.1) is 0 Å². The number of methoxy groups -OCH3 is 1. The minimum absolute atomic E-state index is 0.272. The monoisotopic (exact) mass is 438 g/mol. The first-order valence-corrected chi connectivity index (χ1v) is 10.2. The standard InChI is InChI=1S/C24H26N2O6/c1-16(31-23(28)18-7-5-4-6-8-18)21(14-27)32-24(29)20-13-25-15-26(2)22(20)17-9-11-19(30-3)12-10-17/h4-12,14,16,21,25H,13,15H2,1-3H3. The van der Waals surface area contributed by atoms with Crippen molar-refractivity contribution >= 4 is 23.9 Å². The molecule has 0 saturated heterocycles. The Balaban J connectivity index is 1.78. The average molecular weight is 438 g/mol. The largest absolute Gasteiger partial charge is 0.497 e. The Labute approximate surface area is 186 Å². The second-order valence-electron chi connectivity index (χ2n) is 7.32. The molecule has 0 aromatic heterocycles. The lowest BCUT2D eigenvalue weighted by Gasteiger charge is -2.31. The van der Waals surface area contributed by atoms with E-state index >= 15 is 0 Å². The number of hydrogen-bond donors (Lipinski definition) is 1. The predicted molar refractivity (Wildman–Crippen MR) is 118 cm³/mol. The van der Waals surface area contributed by atoms with Gasteiger partial charge in [-0.25, -0.2) is 9.59 Å². The van der Waals surface area contributed by atoms with Gasteiger partial charge in [0.2, 0.25) is 0 Å². The van der Waals surface area contributed by atoms with Crippen molar-refractivity contribution in [2.45, 2.75) is 19.1 Å². The molecule has 0 spiro atoms. The maximum Gasteiger partial charge on any atom is 0.338 e. The molecule has 2 unspecified atom stereocenters. The summed E-state index contributed by atoms with van der Waals surface area (Å²) in [6.45, 7) is 2.33. The van der Waals surface area contributed by atoms with Gasteiger partial charge in [0.25, 0.3) is 0 Å². The van der Waals surface area contributed by atoms with Crippen LogP contribution in [-0.2, 0) is 19.1 Å². The number of carbonyl (C=O) groups excluding carboxylic acids is 3. The molecule has 2 atom stereocenters. The van der Waals surface area contributed by atoms with Crippen molar-refractivity contribution in [3.8, 4) is 5.75 Å². The summed E-state index contributed by atoms with van der Waals surface area (Å²) in [5, 5.41) is 3.13. The van der Waals surface area contributed by atoms with Crippen LogP contribution >= 0.6 is 0 Å². The third-order valence-electron chi connectivity index (χ3n) is 5.07. The third-order valence-corrected chi connectivity index (χ3v) is 5.07. The maximum absolute atomic E-state index is 13.0. The van der Waals surface area contributed by atoms with E-state index in [-0.39, 0.29) is 6.54 Å². The molecular weight excluding hydrogens is 412 g/mol. The number of nitrogens with zero attached hydrogens (tertiary/aromatic N) is 1. The molecule has 8 nitrogen and oxygen atoms in total. The van der Waals surface area contributed by atoms with Gasteiger partial charge in [0.05, 0.1) is 30.6 Å². The summed E-state index contributed by atoms with van der Waals surface area (Å²) in [4.78, 5) is 38.8. The number of ether oxygens (including phenoxy) is 3. The molecule has 1 heterocycles. The van der Waals surface area contributed by atoms with Crippen LogP contribution in [0.25, 0.3) is 5.70 Å². The van der Waals surface area contributed by atoms with Gasteiger partial charge in [-0.2, -0.15) is 0 Å².